The zero-order valence-corrected chi connectivity index (χ0v) is 6.04. The Balaban J connectivity index is 2.74. The normalized spacial score (nSPS) is 13.0. The van der Waals surface area contributed by atoms with E-state index in [-0.39, 0.29) is 5.88 Å². The smallest absolute Gasteiger partial charge is 0.359 e. The molecule has 6 heteroatoms. The molecule has 1 rings (SSSR count). The minimum Gasteiger partial charge on any atom is -0.359 e. The van der Waals surface area contributed by atoms with Crippen LogP contribution in [0.1, 0.15) is 0 Å². The highest BCUT2D eigenvalue weighted by atomic mass is 32.2. The van der Waals surface area contributed by atoms with E-state index in [1.54, 1.807) is 7.05 Å². The number of aryl methyl sites for hydroxylation is 1. The average molecular weight is 162 g/mol. The van der Waals surface area contributed by atoms with Crippen molar-refractivity contribution in [1.82, 2.24) is 9.55 Å². The highest BCUT2D eigenvalue weighted by Crippen LogP contribution is 2.06. The van der Waals surface area contributed by atoms with E-state index in [1.165, 1.54) is 17.1 Å². The summed E-state index contributed by atoms with van der Waals surface area (Å²) in [7, 11) is 1.66. The van der Waals surface area contributed by atoms with Crippen molar-refractivity contribution < 1.29 is 12.9 Å². The Labute approximate surface area is 60.1 Å². The zero-order valence-electron chi connectivity index (χ0n) is 5.22. The molecule has 0 radical (unpaired) electrons. The summed E-state index contributed by atoms with van der Waals surface area (Å²) in [5.41, 5.74) is 0. The highest BCUT2D eigenvalue weighted by Gasteiger charge is 2.00. The fourth-order valence-electron chi connectivity index (χ4n) is 0.498. The largest absolute Gasteiger partial charge is 0.359 e. The fourth-order valence-corrected chi connectivity index (χ4v) is 0.805. The lowest BCUT2D eigenvalue weighted by molar-refractivity contribution is 0.440. The van der Waals surface area contributed by atoms with Gasteiger partial charge in [0.15, 0.2) is 0 Å². The van der Waals surface area contributed by atoms with Gasteiger partial charge in [0.05, 0.1) is 12.5 Å². The molecule has 0 fully saturated rings. The minimum atomic E-state index is -2.27. The van der Waals surface area contributed by atoms with E-state index in [0.717, 1.165) is 0 Å². The van der Waals surface area contributed by atoms with Gasteiger partial charge in [-0.1, -0.05) is 0 Å². The third kappa shape index (κ3) is 1.55. The summed E-state index contributed by atoms with van der Waals surface area (Å²) in [5.74, 6) is 0.265. The molecule has 1 aromatic rings. The van der Waals surface area contributed by atoms with Crippen molar-refractivity contribution in [2.24, 2.45) is 7.05 Å². The van der Waals surface area contributed by atoms with Crippen LogP contribution in [-0.2, 0) is 18.4 Å². The molecule has 0 amide bonds. The van der Waals surface area contributed by atoms with E-state index in [9.17, 15) is 4.21 Å². The van der Waals surface area contributed by atoms with Crippen LogP contribution in [0, 0.1) is 0 Å². The summed E-state index contributed by atoms with van der Waals surface area (Å²) < 4.78 is 24.2. The van der Waals surface area contributed by atoms with Crippen molar-refractivity contribution in [3.05, 3.63) is 12.5 Å². The van der Waals surface area contributed by atoms with Gasteiger partial charge in [-0.15, -0.1) is 0 Å². The molecule has 1 aromatic heterocycles. The Morgan fingerprint density at radius 2 is 2.60 bits per heavy atom. The molecule has 0 bridgehead atoms. The first-order valence-electron chi connectivity index (χ1n) is 2.45. The van der Waals surface area contributed by atoms with E-state index in [2.05, 4.69) is 9.17 Å². The first-order valence-corrected chi connectivity index (χ1v) is 3.49. The molecule has 10 heavy (non-hydrogen) atoms. The number of hydrogen-bond acceptors (Lipinski definition) is 3. The molecule has 0 aliphatic rings. The van der Waals surface area contributed by atoms with Gasteiger partial charge >= 0.3 is 11.4 Å². The summed E-state index contributed by atoms with van der Waals surface area (Å²) >= 11 is -2.27. The zero-order chi connectivity index (χ0) is 7.56. The summed E-state index contributed by atoms with van der Waals surface area (Å²) in [6, 6.07) is 0. The third-order valence-corrected chi connectivity index (χ3v) is 1.24. The van der Waals surface area contributed by atoms with Gasteiger partial charge in [-0.05, 0) is 0 Å². The SMILES string of the molecule is Cn1cncc1OS(=O)O. The Morgan fingerprint density at radius 3 is 3.00 bits per heavy atom. The summed E-state index contributed by atoms with van der Waals surface area (Å²) in [6.07, 6.45) is 2.83. The molecular formula is C4H6N2O3S. The second-order valence-electron chi connectivity index (χ2n) is 1.64. The van der Waals surface area contributed by atoms with Crippen LogP contribution in [0.15, 0.2) is 12.5 Å². The maximum absolute atomic E-state index is 10.1. The molecule has 0 spiro atoms. The molecule has 0 aliphatic heterocycles. The number of imidazole rings is 1. The van der Waals surface area contributed by atoms with Crippen molar-refractivity contribution in [2.75, 3.05) is 0 Å². The molecule has 0 aliphatic carbocycles. The standard InChI is InChI=1S/C4H6N2O3S/c1-6-3-5-2-4(6)9-10(7)8/h2-3H,1H3,(H,7,8). The number of nitrogens with zero attached hydrogens (tertiary/aromatic N) is 2. The molecule has 1 unspecified atom stereocenters. The summed E-state index contributed by atoms with van der Waals surface area (Å²) in [5, 5.41) is 0. The molecule has 1 atom stereocenters. The van der Waals surface area contributed by atoms with Crippen molar-refractivity contribution in [3.63, 3.8) is 0 Å². The van der Waals surface area contributed by atoms with Gasteiger partial charge in [-0.25, -0.2) is 4.98 Å². The van der Waals surface area contributed by atoms with Gasteiger partial charge in [0.1, 0.15) is 0 Å². The first kappa shape index (κ1) is 7.23. The van der Waals surface area contributed by atoms with Gasteiger partial charge in [0.25, 0.3) is 0 Å². The minimum absolute atomic E-state index is 0.265. The van der Waals surface area contributed by atoms with Crippen LogP contribution in [0.3, 0.4) is 0 Å². The molecule has 5 nitrogen and oxygen atoms in total. The Hall–Kier alpha value is -0.880. The van der Waals surface area contributed by atoms with Crippen molar-refractivity contribution in [3.8, 4) is 5.88 Å². The van der Waals surface area contributed by atoms with Crippen LogP contribution in [0.5, 0.6) is 5.88 Å². The predicted octanol–water partition coefficient (Wildman–Crippen LogP) is -0.0644. The van der Waals surface area contributed by atoms with Gasteiger partial charge < -0.3 is 8.75 Å². The van der Waals surface area contributed by atoms with Gasteiger partial charge in [0.2, 0.25) is 5.88 Å². The Kier molecular flexibility index (Phi) is 2.03. The van der Waals surface area contributed by atoms with Gasteiger partial charge in [0, 0.05) is 7.05 Å². The lowest BCUT2D eigenvalue weighted by atomic mass is 10.8. The van der Waals surface area contributed by atoms with E-state index in [0.29, 0.717) is 0 Å². The van der Waals surface area contributed by atoms with Crippen molar-refractivity contribution in [2.45, 2.75) is 0 Å². The van der Waals surface area contributed by atoms with Crippen LogP contribution in [0.4, 0.5) is 0 Å². The lowest BCUT2D eigenvalue weighted by Gasteiger charge is -1.97. The van der Waals surface area contributed by atoms with Gasteiger partial charge in [-0.2, -0.15) is 4.21 Å². The van der Waals surface area contributed by atoms with E-state index >= 15 is 0 Å². The van der Waals surface area contributed by atoms with E-state index in [4.69, 9.17) is 4.55 Å². The molecule has 1 heterocycles. The quantitative estimate of drug-likeness (QED) is 0.618. The van der Waals surface area contributed by atoms with Crippen molar-refractivity contribution in [1.29, 1.82) is 0 Å². The number of rotatable bonds is 2. The molecule has 1 N–H and O–H groups in total. The molecule has 0 saturated heterocycles. The van der Waals surface area contributed by atoms with Crippen molar-refractivity contribution >= 4 is 11.4 Å². The number of hydrogen-bond donors (Lipinski definition) is 1. The lowest BCUT2D eigenvalue weighted by Crippen LogP contribution is -2.00. The third-order valence-electron chi connectivity index (χ3n) is 0.929. The van der Waals surface area contributed by atoms with Crippen LogP contribution in [0.25, 0.3) is 0 Å². The van der Waals surface area contributed by atoms with Crippen LogP contribution in [0.2, 0.25) is 0 Å². The topological polar surface area (TPSA) is 64.4 Å². The molecular weight excluding hydrogens is 156 g/mol. The second kappa shape index (κ2) is 2.80. The number of aromatic nitrogens is 2. The second-order valence-corrected chi connectivity index (χ2v) is 2.24. The predicted molar refractivity (Wildman–Crippen MR) is 34.6 cm³/mol. The molecule has 0 aromatic carbocycles. The van der Waals surface area contributed by atoms with E-state index in [1.807, 2.05) is 0 Å². The highest BCUT2D eigenvalue weighted by molar-refractivity contribution is 7.74. The first-order chi connectivity index (χ1) is 4.70. The maximum Gasteiger partial charge on any atom is 0.359 e. The average Bonchev–Trinajstić information content (AvgIpc) is 2.15. The van der Waals surface area contributed by atoms with Crippen LogP contribution in [-0.4, -0.2) is 18.3 Å². The Bertz CT molecular complexity index is 246. The molecule has 0 saturated carbocycles. The van der Waals surface area contributed by atoms with Crippen LogP contribution >= 0.6 is 0 Å². The maximum atomic E-state index is 10.1. The Morgan fingerprint density at radius 1 is 1.90 bits per heavy atom. The molecule has 56 valence electrons. The fraction of sp³-hybridized carbons (Fsp3) is 0.250. The summed E-state index contributed by atoms with van der Waals surface area (Å²) in [6.45, 7) is 0. The summed E-state index contributed by atoms with van der Waals surface area (Å²) in [4.78, 5) is 3.67. The van der Waals surface area contributed by atoms with Gasteiger partial charge in [-0.3, -0.25) is 4.55 Å². The monoisotopic (exact) mass is 162 g/mol. The van der Waals surface area contributed by atoms with E-state index < -0.39 is 11.4 Å². The van der Waals surface area contributed by atoms with Crippen LogP contribution < -0.4 is 4.18 Å².